The molecule has 1 amide bonds. The number of carbonyl (C=O) groups is 1. The molecule has 0 aliphatic heterocycles. The number of carbonyl (C=O) groups excluding carboxylic acids is 1. The summed E-state index contributed by atoms with van der Waals surface area (Å²) < 4.78 is 53.2. The van der Waals surface area contributed by atoms with Gasteiger partial charge in [0.2, 0.25) is 15.9 Å². The zero-order valence-corrected chi connectivity index (χ0v) is 17.1. The fourth-order valence-electron chi connectivity index (χ4n) is 1.81. The van der Waals surface area contributed by atoms with Crippen molar-refractivity contribution in [3.8, 4) is 0 Å². The Kier molecular flexibility index (Phi) is 7.45. The van der Waals surface area contributed by atoms with Crippen LogP contribution in [-0.2, 0) is 14.8 Å². The molecule has 2 rings (SSSR count). The van der Waals surface area contributed by atoms with E-state index < -0.39 is 33.3 Å². The topological polar surface area (TPSA) is 164 Å². The smallest absolute Gasteiger partial charge is 0.236 e. The van der Waals surface area contributed by atoms with Crippen molar-refractivity contribution in [3.63, 3.8) is 0 Å². The van der Waals surface area contributed by atoms with Gasteiger partial charge in [-0.3, -0.25) is 10.2 Å². The predicted octanol–water partition coefficient (Wildman–Crippen LogP) is 1.04. The number of hydrogen-bond donors (Lipinski definition) is 4. The number of benzene rings is 1. The van der Waals surface area contributed by atoms with Crippen molar-refractivity contribution >= 4 is 55.1 Å². The molecule has 0 radical (unpaired) electrons. The van der Waals surface area contributed by atoms with E-state index in [4.69, 9.17) is 10.5 Å². The first-order valence-corrected chi connectivity index (χ1v) is 10.8. The quantitative estimate of drug-likeness (QED) is 0.138. The lowest BCUT2D eigenvalue weighted by molar-refractivity contribution is -0.118. The summed E-state index contributed by atoms with van der Waals surface area (Å²) in [6.07, 6.45) is 0. The van der Waals surface area contributed by atoms with Crippen LogP contribution in [0.3, 0.4) is 0 Å². The number of primary sulfonamides is 1. The number of thioether (sulfide) groups is 1. The first kappa shape index (κ1) is 22.2. The van der Waals surface area contributed by atoms with E-state index in [1.54, 1.807) is 0 Å². The number of aromatic nitrogens is 2. The number of sulfonamides is 1. The van der Waals surface area contributed by atoms with E-state index >= 15 is 0 Å². The molecule has 10 nitrogen and oxygen atoms in total. The van der Waals surface area contributed by atoms with Crippen molar-refractivity contribution in [1.82, 2.24) is 15.6 Å². The molecule has 0 aliphatic carbocycles. The van der Waals surface area contributed by atoms with E-state index in [9.17, 15) is 22.0 Å². The number of halogens is 3. The molecule has 5 N–H and O–H groups in total. The standard InChI is InChI=1S/C13H13BrF2N6O4S2/c14-6-3-9(8(16)4-7(6)15)20-12(17)11-13(22-26-21-11)27-2-1-19-10(23)5-28(18,24)25/h3-4H,1-2,5H2,(H2,17,20)(H,19,23)(H2,18,24,25). The van der Waals surface area contributed by atoms with Gasteiger partial charge in [-0.25, -0.2) is 27.0 Å². The monoisotopic (exact) mass is 498 g/mol. The van der Waals surface area contributed by atoms with Gasteiger partial charge in [0.05, 0.1) is 10.2 Å². The molecule has 2 aromatic rings. The van der Waals surface area contributed by atoms with Crippen LogP contribution in [0.4, 0.5) is 14.5 Å². The highest BCUT2D eigenvalue weighted by Gasteiger charge is 2.18. The summed E-state index contributed by atoms with van der Waals surface area (Å²) in [5, 5.41) is 24.9. The van der Waals surface area contributed by atoms with E-state index in [-0.39, 0.29) is 39.0 Å². The highest BCUT2D eigenvalue weighted by Crippen LogP contribution is 2.25. The van der Waals surface area contributed by atoms with Crippen molar-refractivity contribution in [3.05, 3.63) is 33.9 Å². The third-order valence-corrected chi connectivity index (χ3v) is 5.18. The molecule has 1 aromatic carbocycles. The van der Waals surface area contributed by atoms with Gasteiger partial charge in [0, 0.05) is 18.4 Å². The van der Waals surface area contributed by atoms with Gasteiger partial charge in [-0.05, 0) is 32.3 Å². The molecule has 152 valence electrons. The molecule has 1 aromatic heterocycles. The average molecular weight is 499 g/mol. The van der Waals surface area contributed by atoms with Crippen LogP contribution in [0.25, 0.3) is 0 Å². The van der Waals surface area contributed by atoms with Crippen LogP contribution in [0.2, 0.25) is 0 Å². The summed E-state index contributed by atoms with van der Waals surface area (Å²) in [4.78, 5) is 11.3. The summed E-state index contributed by atoms with van der Waals surface area (Å²) in [5.41, 5.74) is -0.187. The molecule has 0 unspecified atom stereocenters. The Hall–Kier alpha value is -2.10. The molecule has 0 saturated heterocycles. The maximum atomic E-state index is 13.8. The normalized spacial score (nSPS) is 11.3. The average Bonchev–Trinajstić information content (AvgIpc) is 3.03. The maximum absolute atomic E-state index is 13.8. The Morgan fingerprint density at radius 3 is 2.71 bits per heavy atom. The first-order chi connectivity index (χ1) is 13.1. The largest absolute Gasteiger partial charge is 0.354 e. The molecule has 0 fully saturated rings. The molecule has 0 spiro atoms. The van der Waals surface area contributed by atoms with Crippen molar-refractivity contribution in [2.75, 3.05) is 23.4 Å². The molecule has 0 atom stereocenters. The van der Waals surface area contributed by atoms with Gasteiger partial charge < -0.3 is 10.6 Å². The maximum Gasteiger partial charge on any atom is 0.236 e. The third kappa shape index (κ3) is 6.50. The molecule has 0 bridgehead atoms. The van der Waals surface area contributed by atoms with Crippen LogP contribution in [0.1, 0.15) is 5.69 Å². The minimum atomic E-state index is -3.91. The van der Waals surface area contributed by atoms with Gasteiger partial charge in [0.1, 0.15) is 17.4 Å². The molecule has 0 saturated carbocycles. The van der Waals surface area contributed by atoms with Crippen LogP contribution < -0.4 is 15.8 Å². The van der Waals surface area contributed by atoms with Gasteiger partial charge in [-0.2, -0.15) is 0 Å². The lowest BCUT2D eigenvalue weighted by Crippen LogP contribution is -2.34. The number of hydrogen-bond acceptors (Lipinski definition) is 8. The fraction of sp³-hybridized carbons (Fsp3) is 0.231. The fourth-order valence-corrected chi connectivity index (χ4v) is 3.38. The summed E-state index contributed by atoms with van der Waals surface area (Å²) in [5.74, 6) is -3.39. The number of amidine groups is 1. The van der Waals surface area contributed by atoms with Gasteiger partial charge in [-0.1, -0.05) is 11.8 Å². The molecular formula is C13H13BrF2N6O4S2. The van der Waals surface area contributed by atoms with Gasteiger partial charge >= 0.3 is 0 Å². The second-order valence-electron chi connectivity index (χ2n) is 5.17. The zero-order valence-electron chi connectivity index (χ0n) is 13.8. The minimum absolute atomic E-state index is 0.00677. The predicted molar refractivity (Wildman–Crippen MR) is 101 cm³/mol. The number of amides is 1. The SMILES string of the molecule is N=C(Nc1cc(Br)c(F)cc1F)c1nonc1SCCNC(=O)CS(N)(=O)=O. The van der Waals surface area contributed by atoms with E-state index in [1.165, 1.54) is 0 Å². The van der Waals surface area contributed by atoms with Crippen LogP contribution in [0, 0.1) is 17.0 Å². The van der Waals surface area contributed by atoms with E-state index in [2.05, 4.69) is 41.5 Å². The van der Waals surface area contributed by atoms with Crippen LogP contribution >= 0.6 is 27.7 Å². The molecule has 15 heteroatoms. The van der Waals surface area contributed by atoms with Crippen molar-refractivity contribution < 1.29 is 26.6 Å². The second kappa shape index (κ2) is 9.40. The van der Waals surface area contributed by atoms with Crippen LogP contribution in [-0.4, -0.2) is 48.5 Å². The third-order valence-electron chi connectivity index (χ3n) is 2.96. The Morgan fingerprint density at radius 1 is 1.32 bits per heavy atom. The summed E-state index contributed by atoms with van der Waals surface area (Å²) in [6, 6.07) is 1.78. The van der Waals surface area contributed by atoms with Crippen molar-refractivity contribution in [2.45, 2.75) is 5.03 Å². The Labute approximate surface area is 170 Å². The summed E-state index contributed by atoms with van der Waals surface area (Å²) >= 11 is 3.98. The van der Waals surface area contributed by atoms with Crippen LogP contribution in [0.5, 0.6) is 0 Å². The van der Waals surface area contributed by atoms with Gasteiger partial charge in [0.25, 0.3) is 0 Å². The van der Waals surface area contributed by atoms with E-state index in [0.717, 1.165) is 17.8 Å². The second-order valence-corrected chi connectivity index (χ2v) is 8.72. The number of nitrogens with zero attached hydrogens (tertiary/aromatic N) is 2. The summed E-state index contributed by atoms with van der Waals surface area (Å²) in [7, 11) is -3.91. The first-order valence-electron chi connectivity index (χ1n) is 7.30. The highest BCUT2D eigenvalue weighted by atomic mass is 79.9. The molecule has 1 heterocycles. The van der Waals surface area contributed by atoms with E-state index in [0.29, 0.717) is 6.07 Å². The zero-order chi connectivity index (χ0) is 20.9. The van der Waals surface area contributed by atoms with Gasteiger partial charge in [-0.15, -0.1) is 0 Å². The molecule has 0 aliphatic rings. The molecule has 28 heavy (non-hydrogen) atoms. The van der Waals surface area contributed by atoms with Crippen LogP contribution in [0.15, 0.2) is 26.3 Å². The van der Waals surface area contributed by atoms with Crippen molar-refractivity contribution in [1.29, 1.82) is 5.41 Å². The van der Waals surface area contributed by atoms with Crippen molar-refractivity contribution in [2.24, 2.45) is 5.14 Å². The lowest BCUT2D eigenvalue weighted by atomic mass is 10.3. The van der Waals surface area contributed by atoms with E-state index in [1.807, 2.05) is 0 Å². The number of anilines is 1. The lowest BCUT2D eigenvalue weighted by Gasteiger charge is -2.08. The Morgan fingerprint density at radius 2 is 2.04 bits per heavy atom. The summed E-state index contributed by atoms with van der Waals surface area (Å²) in [6.45, 7) is 0.0889. The Balaban J connectivity index is 1.93. The molecular weight excluding hydrogens is 486 g/mol. The number of nitrogens with one attached hydrogen (secondary N) is 3. The van der Waals surface area contributed by atoms with Gasteiger partial charge in [0.15, 0.2) is 16.6 Å². The highest BCUT2D eigenvalue weighted by molar-refractivity contribution is 9.10. The minimum Gasteiger partial charge on any atom is -0.354 e. The number of rotatable bonds is 8. The Bertz CT molecular complexity index is 1000. The number of nitrogens with two attached hydrogens (primary N) is 1.